The summed E-state index contributed by atoms with van der Waals surface area (Å²) in [5.74, 6) is 0. The van der Waals surface area contributed by atoms with Gasteiger partial charge in [0, 0.05) is 56.9 Å². The molecular formula is C26H54O13. The van der Waals surface area contributed by atoms with E-state index in [4.69, 9.17) is 61.6 Å². The summed E-state index contributed by atoms with van der Waals surface area (Å²) in [4.78, 5) is 0. The molecule has 0 aliphatic heterocycles. The van der Waals surface area contributed by atoms with Crippen LogP contribution in [0.1, 0.15) is 0 Å². The van der Waals surface area contributed by atoms with E-state index in [0.717, 1.165) is 0 Å². The Hall–Kier alpha value is -0.520. The normalized spacial score (nSPS) is 16.6. The van der Waals surface area contributed by atoms with Crippen LogP contribution in [0.25, 0.3) is 0 Å². The number of hydrogen-bond donors (Lipinski definition) is 0. The van der Waals surface area contributed by atoms with E-state index in [-0.39, 0.29) is 36.6 Å². The summed E-state index contributed by atoms with van der Waals surface area (Å²) in [7, 11) is 12.9. The van der Waals surface area contributed by atoms with Gasteiger partial charge in [-0.15, -0.1) is 0 Å². The van der Waals surface area contributed by atoms with Gasteiger partial charge in [-0.2, -0.15) is 0 Å². The first-order chi connectivity index (χ1) is 19.0. The first-order valence-electron chi connectivity index (χ1n) is 13.0. The summed E-state index contributed by atoms with van der Waals surface area (Å²) in [5, 5.41) is 0. The molecule has 39 heavy (non-hydrogen) atoms. The van der Waals surface area contributed by atoms with Gasteiger partial charge in [-0.1, -0.05) is 0 Å². The smallest absolute Gasteiger partial charge is 0.104 e. The van der Waals surface area contributed by atoms with Gasteiger partial charge >= 0.3 is 0 Å². The maximum Gasteiger partial charge on any atom is 0.104 e. The molecule has 0 rings (SSSR count). The zero-order valence-electron chi connectivity index (χ0n) is 25.3. The minimum atomic E-state index is -0.245. The third kappa shape index (κ3) is 20.9. The van der Waals surface area contributed by atoms with Crippen molar-refractivity contribution in [1.29, 1.82) is 0 Å². The summed E-state index contributed by atoms with van der Waals surface area (Å²) >= 11 is 0. The third-order valence-corrected chi connectivity index (χ3v) is 5.74. The Morgan fingerprint density at radius 3 is 0.538 bits per heavy atom. The SMILES string of the molecule is COCC(COCC(COCC(COCC(COCC(COCC(COC)OC)OC)OC)OC)OC)OC. The Labute approximate surface area is 234 Å². The fourth-order valence-electron chi connectivity index (χ4n) is 3.13. The van der Waals surface area contributed by atoms with Gasteiger partial charge < -0.3 is 61.6 Å². The molecule has 0 bridgehead atoms. The molecule has 0 aromatic heterocycles. The van der Waals surface area contributed by atoms with Crippen LogP contribution in [0.4, 0.5) is 0 Å². The number of hydrogen-bond acceptors (Lipinski definition) is 13. The molecule has 0 amide bonds. The molecule has 6 unspecified atom stereocenters. The van der Waals surface area contributed by atoms with Crippen LogP contribution in [0.3, 0.4) is 0 Å². The lowest BCUT2D eigenvalue weighted by molar-refractivity contribution is -0.105. The van der Waals surface area contributed by atoms with Crippen LogP contribution < -0.4 is 0 Å². The van der Waals surface area contributed by atoms with Crippen molar-refractivity contribution in [3.63, 3.8) is 0 Å². The summed E-state index contributed by atoms with van der Waals surface area (Å²) in [5.41, 5.74) is 0. The largest absolute Gasteiger partial charge is 0.382 e. The maximum atomic E-state index is 5.79. The Bertz CT molecular complexity index is 460. The topological polar surface area (TPSA) is 120 Å². The minimum Gasteiger partial charge on any atom is -0.382 e. The maximum absolute atomic E-state index is 5.79. The first-order valence-corrected chi connectivity index (χ1v) is 13.0. The van der Waals surface area contributed by atoms with Gasteiger partial charge in [-0.3, -0.25) is 0 Å². The Morgan fingerprint density at radius 2 is 0.410 bits per heavy atom. The van der Waals surface area contributed by atoms with Crippen LogP contribution in [0, 0.1) is 0 Å². The van der Waals surface area contributed by atoms with E-state index in [1.54, 1.807) is 56.9 Å². The number of rotatable bonds is 30. The fraction of sp³-hybridized carbons (Fsp3) is 1.00. The molecule has 0 spiro atoms. The molecule has 0 radical (unpaired) electrons. The highest BCUT2D eigenvalue weighted by molar-refractivity contribution is 4.63. The van der Waals surface area contributed by atoms with Crippen molar-refractivity contribution >= 4 is 0 Å². The summed E-state index contributed by atoms with van der Waals surface area (Å²) < 4.78 is 71.1. The molecule has 0 saturated carbocycles. The number of ether oxygens (including phenoxy) is 13. The van der Waals surface area contributed by atoms with E-state index < -0.39 is 0 Å². The summed E-state index contributed by atoms with van der Waals surface area (Å²) in [6, 6.07) is 0. The lowest BCUT2D eigenvalue weighted by Crippen LogP contribution is -2.33. The monoisotopic (exact) mass is 574 g/mol. The van der Waals surface area contributed by atoms with Crippen LogP contribution in [-0.4, -0.2) is 173 Å². The summed E-state index contributed by atoms with van der Waals surface area (Å²) in [6.45, 7) is 4.58. The molecule has 0 aliphatic carbocycles. The fourth-order valence-corrected chi connectivity index (χ4v) is 3.13. The second-order valence-corrected chi connectivity index (χ2v) is 8.74. The zero-order valence-corrected chi connectivity index (χ0v) is 25.3. The minimum absolute atomic E-state index is 0.124. The lowest BCUT2D eigenvalue weighted by atomic mass is 10.3. The highest BCUT2D eigenvalue weighted by Crippen LogP contribution is 2.03. The van der Waals surface area contributed by atoms with E-state index in [1.807, 2.05) is 0 Å². The second-order valence-electron chi connectivity index (χ2n) is 8.74. The van der Waals surface area contributed by atoms with Crippen molar-refractivity contribution in [2.45, 2.75) is 36.6 Å². The summed E-state index contributed by atoms with van der Waals surface area (Å²) in [6.07, 6.45) is -1.17. The predicted molar refractivity (Wildman–Crippen MR) is 143 cm³/mol. The van der Waals surface area contributed by atoms with E-state index in [9.17, 15) is 0 Å². The first kappa shape index (κ1) is 38.5. The molecule has 0 saturated heterocycles. The van der Waals surface area contributed by atoms with Crippen molar-refractivity contribution in [3.8, 4) is 0 Å². The van der Waals surface area contributed by atoms with Crippen molar-refractivity contribution in [1.82, 2.24) is 0 Å². The van der Waals surface area contributed by atoms with Gasteiger partial charge in [0.25, 0.3) is 0 Å². The molecule has 0 aliphatic rings. The molecule has 0 fully saturated rings. The van der Waals surface area contributed by atoms with Crippen molar-refractivity contribution in [3.05, 3.63) is 0 Å². The standard InChI is InChI=1S/C26H54O13/c1-27-9-21(29-3)11-35-13-23(31-5)15-37-17-25(33-7)19-39-20-26(34-8)18-38-16-24(32-6)14-36-12-22(30-4)10-28-2/h21-26H,9-20H2,1-8H3. The lowest BCUT2D eigenvalue weighted by Gasteiger charge is -2.22. The highest BCUT2D eigenvalue weighted by atomic mass is 16.6. The van der Waals surface area contributed by atoms with Crippen LogP contribution in [0.5, 0.6) is 0 Å². The van der Waals surface area contributed by atoms with Crippen molar-refractivity contribution in [2.24, 2.45) is 0 Å². The van der Waals surface area contributed by atoms with E-state index in [0.29, 0.717) is 79.3 Å². The average molecular weight is 575 g/mol. The molecule has 236 valence electrons. The van der Waals surface area contributed by atoms with Gasteiger partial charge in [-0.05, 0) is 0 Å². The van der Waals surface area contributed by atoms with Gasteiger partial charge in [0.1, 0.15) is 36.6 Å². The Balaban J connectivity index is 4.14. The average Bonchev–Trinajstić information content (AvgIpc) is 2.96. The van der Waals surface area contributed by atoms with E-state index in [2.05, 4.69) is 0 Å². The molecule has 13 nitrogen and oxygen atoms in total. The molecule has 6 atom stereocenters. The molecule has 0 aromatic rings. The Morgan fingerprint density at radius 1 is 0.256 bits per heavy atom. The van der Waals surface area contributed by atoms with Crippen LogP contribution in [0.15, 0.2) is 0 Å². The van der Waals surface area contributed by atoms with E-state index >= 15 is 0 Å². The van der Waals surface area contributed by atoms with Crippen molar-refractivity contribution in [2.75, 3.05) is 136 Å². The van der Waals surface area contributed by atoms with Gasteiger partial charge in [-0.25, -0.2) is 0 Å². The highest BCUT2D eigenvalue weighted by Gasteiger charge is 2.17. The third-order valence-electron chi connectivity index (χ3n) is 5.74. The van der Waals surface area contributed by atoms with Crippen LogP contribution >= 0.6 is 0 Å². The van der Waals surface area contributed by atoms with Crippen LogP contribution in [-0.2, 0) is 61.6 Å². The molecule has 0 heterocycles. The second kappa shape index (κ2) is 27.6. The molecule has 0 aromatic carbocycles. The quantitative estimate of drug-likeness (QED) is 0.118. The number of methoxy groups -OCH3 is 8. The van der Waals surface area contributed by atoms with E-state index in [1.165, 1.54) is 0 Å². The van der Waals surface area contributed by atoms with Gasteiger partial charge in [0.2, 0.25) is 0 Å². The molecular weight excluding hydrogens is 520 g/mol. The van der Waals surface area contributed by atoms with Gasteiger partial charge in [0.15, 0.2) is 0 Å². The molecule has 13 heteroatoms. The van der Waals surface area contributed by atoms with Gasteiger partial charge in [0.05, 0.1) is 79.3 Å². The van der Waals surface area contributed by atoms with Crippen molar-refractivity contribution < 1.29 is 61.6 Å². The predicted octanol–water partition coefficient (Wildman–Crippen LogP) is 0.452. The zero-order chi connectivity index (χ0) is 29.1. The van der Waals surface area contributed by atoms with Crippen LogP contribution in [0.2, 0.25) is 0 Å². The Kier molecular flexibility index (Phi) is 27.3. The molecule has 0 N–H and O–H groups in total.